The van der Waals surface area contributed by atoms with E-state index in [0.717, 1.165) is 23.4 Å². The maximum Gasteiger partial charge on any atom is 0.331 e. The van der Waals surface area contributed by atoms with Crippen LogP contribution in [0.3, 0.4) is 0 Å². The van der Waals surface area contributed by atoms with E-state index in [9.17, 15) is 14.4 Å². The van der Waals surface area contributed by atoms with Crippen LogP contribution < -0.4 is 10.6 Å². The van der Waals surface area contributed by atoms with Gasteiger partial charge in [-0.3, -0.25) is 14.2 Å². The van der Waals surface area contributed by atoms with E-state index in [2.05, 4.69) is 15.8 Å². The summed E-state index contributed by atoms with van der Waals surface area (Å²) in [6.45, 7) is 9.22. The number of nitrogens with one attached hydrogen (secondary N) is 2. The average Bonchev–Trinajstić information content (AvgIpc) is 3.24. The molecule has 2 aromatic heterocycles. The molecule has 0 saturated heterocycles. The summed E-state index contributed by atoms with van der Waals surface area (Å²) < 4.78 is 12.0. The topological polar surface area (TPSA) is 115 Å². The van der Waals surface area contributed by atoms with Gasteiger partial charge in [0.1, 0.15) is 11.8 Å². The molecule has 0 aliphatic heterocycles. The monoisotopic (exact) mass is 416 g/mol. The highest BCUT2D eigenvalue weighted by Crippen LogP contribution is 2.21. The Hall–Kier alpha value is -3.36. The first-order valence-corrected chi connectivity index (χ1v) is 9.77. The molecular formula is C21H28N4O5. The number of rotatable bonds is 9. The van der Waals surface area contributed by atoms with Crippen molar-refractivity contribution in [3.63, 3.8) is 0 Å². The van der Waals surface area contributed by atoms with Crippen molar-refractivity contribution in [2.45, 2.75) is 47.1 Å². The Labute approximate surface area is 175 Å². The van der Waals surface area contributed by atoms with Gasteiger partial charge in [0.25, 0.3) is 5.91 Å². The van der Waals surface area contributed by atoms with Crippen molar-refractivity contribution >= 4 is 23.9 Å². The van der Waals surface area contributed by atoms with E-state index in [0.29, 0.717) is 18.1 Å². The fourth-order valence-electron chi connectivity index (χ4n) is 2.86. The quantitative estimate of drug-likeness (QED) is 0.477. The zero-order valence-electron chi connectivity index (χ0n) is 17.9. The van der Waals surface area contributed by atoms with Crippen molar-refractivity contribution in [3.05, 3.63) is 40.9 Å². The number of amides is 2. The summed E-state index contributed by atoms with van der Waals surface area (Å²) in [7, 11) is 0. The van der Waals surface area contributed by atoms with Gasteiger partial charge in [0, 0.05) is 30.1 Å². The van der Waals surface area contributed by atoms with Crippen LogP contribution in [-0.2, 0) is 19.1 Å². The Kier molecular flexibility index (Phi) is 7.97. The predicted octanol–water partition coefficient (Wildman–Crippen LogP) is 1.98. The minimum atomic E-state index is -0.705. The molecule has 0 spiro atoms. The number of esters is 1. The molecule has 2 rings (SSSR count). The minimum Gasteiger partial charge on any atom is -0.452 e. The molecule has 0 unspecified atom stereocenters. The molecule has 0 radical (unpaired) electrons. The summed E-state index contributed by atoms with van der Waals surface area (Å²) in [5.41, 5.74) is 2.63. The first-order valence-electron chi connectivity index (χ1n) is 9.77. The number of hydrogen-bond acceptors (Lipinski definition) is 6. The van der Waals surface area contributed by atoms with Gasteiger partial charge in [-0.15, -0.1) is 0 Å². The Bertz CT molecular complexity index is 941. The summed E-state index contributed by atoms with van der Waals surface area (Å²) in [6, 6.07) is 3.03. The van der Waals surface area contributed by atoms with E-state index in [1.54, 1.807) is 13.0 Å². The number of aromatic nitrogens is 2. The smallest absolute Gasteiger partial charge is 0.331 e. The van der Waals surface area contributed by atoms with Gasteiger partial charge in [-0.1, -0.05) is 12.1 Å². The third-order valence-corrected chi connectivity index (χ3v) is 4.38. The first kappa shape index (κ1) is 22.9. The maximum absolute atomic E-state index is 12.0. The molecule has 30 heavy (non-hydrogen) atoms. The Morgan fingerprint density at radius 2 is 2.00 bits per heavy atom. The molecule has 9 heteroatoms. The van der Waals surface area contributed by atoms with Crippen LogP contribution in [-0.4, -0.2) is 46.7 Å². The van der Waals surface area contributed by atoms with Crippen molar-refractivity contribution in [3.8, 4) is 5.82 Å². The van der Waals surface area contributed by atoms with E-state index in [1.165, 1.54) is 6.08 Å². The molecular weight excluding hydrogens is 388 g/mol. The molecule has 9 nitrogen and oxygen atoms in total. The number of nitrogens with zero attached hydrogens (tertiary/aromatic N) is 2. The molecule has 0 fully saturated rings. The summed E-state index contributed by atoms with van der Waals surface area (Å²) in [5.74, 6) is -0.119. The van der Waals surface area contributed by atoms with Crippen LogP contribution in [0.1, 0.15) is 43.0 Å². The average molecular weight is 416 g/mol. The molecule has 0 aliphatic carbocycles. The van der Waals surface area contributed by atoms with Crippen molar-refractivity contribution < 1.29 is 23.6 Å². The Balaban J connectivity index is 1.89. The van der Waals surface area contributed by atoms with E-state index in [1.807, 2.05) is 44.4 Å². The lowest BCUT2D eigenvalue weighted by atomic mass is 10.2. The summed E-state index contributed by atoms with van der Waals surface area (Å²) in [5, 5.41) is 9.18. The predicted molar refractivity (Wildman–Crippen MR) is 111 cm³/mol. The molecule has 2 N–H and O–H groups in total. The van der Waals surface area contributed by atoms with Gasteiger partial charge >= 0.3 is 5.97 Å². The summed E-state index contributed by atoms with van der Waals surface area (Å²) in [4.78, 5) is 35.6. The van der Waals surface area contributed by atoms with Crippen molar-refractivity contribution in [2.75, 3.05) is 13.2 Å². The fourth-order valence-corrected chi connectivity index (χ4v) is 2.86. The van der Waals surface area contributed by atoms with E-state index < -0.39 is 24.5 Å². The molecule has 2 amide bonds. The number of ether oxygens (including phenoxy) is 1. The largest absolute Gasteiger partial charge is 0.452 e. The minimum absolute atomic E-state index is 0.283. The van der Waals surface area contributed by atoms with Crippen LogP contribution in [0.5, 0.6) is 0 Å². The van der Waals surface area contributed by atoms with Crippen molar-refractivity contribution in [1.29, 1.82) is 0 Å². The highest BCUT2D eigenvalue weighted by atomic mass is 16.5. The second kappa shape index (κ2) is 10.4. The number of aryl methyl sites for hydroxylation is 2. The molecule has 0 bridgehead atoms. The van der Waals surface area contributed by atoms with Crippen LogP contribution in [0, 0.1) is 20.8 Å². The first-order chi connectivity index (χ1) is 14.2. The van der Waals surface area contributed by atoms with Gasteiger partial charge in [0.15, 0.2) is 12.4 Å². The van der Waals surface area contributed by atoms with Crippen LogP contribution in [0.2, 0.25) is 0 Å². The third kappa shape index (κ3) is 6.07. The van der Waals surface area contributed by atoms with Gasteiger partial charge in [-0.05, 0) is 51.8 Å². The van der Waals surface area contributed by atoms with Crippen LogP contribution in [0.4, 0.5) is 0 Å². The lowest BCUT2D eigenvalue weighted by Crippen LogP contribution is -2.46. The molecule has 162 valence electrons. The van der Waals surface area contributed by atoms with Crippen LogP contribution in [0.25, 0.3) is 11.9 Å². The van der Waals surface area contributed by atoms with E-state index in [4.69, 9.17) is 9.26 Å². The SMILES string of the molecule is CCCNC(=O)[C@@H](C)NC(=O)COC(=O)/C=C/c1cc(C)n(-c2cc(C)on2)c1C. The number of carbonyl (C=O) groups excluding carboxylic acids is 3. The zero-order valence-corrected chi connectivity index (χ0v) is 17.9. The molecule has 0 aliphatic rings. The molecule has 1 atom stereocenters. The van der Waals surface area contributed by atoms with Gasteiger partial charge in [-0.2, -0.15) is 0 Å². The second-order valence-corrected chi connectivity index (χ2v) is 6.98. The van der Waals surface area contributed by atoms with Crippen molar-refractivity contribution in [1.82, 2.24) is 20.4 Å². The molecule has 0 saturated carbocycles. The maximum atomic E-state index is 12.0. The lowest BCUT2D eigenvalue weighted by molar-refractivity contribution is -0.144. The van der Waals surface area contributed by atoms with Gasteiger partial charge in [0.2, 0.25) is 5.91 Å². The molecule has 2 aromatic rings. The Morgan fingerprint density at radius 1 is 1.27 bits per heavy atom. The Morgan fingerprint density at radius 3 is 2.63 bits per heavy atom. The number of hydrogen-bond donors (Lipinski definition) is 2. The highest BCUT2D eigenvalue weighted by Gasteiger charge is 2.16. The third-order valence-electron chi connectivity index (χ3n) is 4.38. The van der Waals surface area contributed by atoms with Gasteiger partial charge < -0.3 is 19.9 Å². The van der Waals surface area contributed by atoms with Crippen LogP contribution in [0.15, 0.2) is 22.7 Å². The molecule has 0 aromatic carbocycles. The normalized spacial score (nSPS) is 12.0. The van der Waals surface area contributed by atoms with E-state index in [-0.39, 0.29) is 5.91 Å². The van der Waals surface area contributed by atoms with Gasteiger partial charge in [-0.25, -0.2) is 4.79 Å². The van der Waals surface area contributed by atoms with Crippen molar-refractivity contribution in [2.24, 2.45) is 0 Å². The van der Waals surface area contributed by atoms with Gasteiger partial charge in [0.05, 0.1) is 0 Å². The highest BCUT2D eigenvalue weighted by molar-refractivity contribution is 5.91. The van der Waals surface area contributed by atoms with Crippen LogP contribution >= 0.6 is 0 Å². The second-order valence-electron chi connectivity index (χ2n) is 6.98. The lowest BCUT2D eigenvalue weighted by Gasteiger charge is -2.13. The summed E-state index contributed by atoms with van der Waals surface area (Å²) >= 11 is 0. The van der Waals surface area contributed by atoms with E-state index >= 15 is 0 Å². The zero-order chi connectivity index (χ0) is 22.3. The summed E-state index contributed by atoms with van der Waals surface area (Å²) in [6.07, 6.45) is 3.68. The number of carbonyl (C=O) groups is 3. The standard InChI is InChI=1S/C21H28N4O5/c1-6-9-22-21(28)15(4)23-19(26)12-29-20(27)8-7-17-10-13(2)25(16(17)5)18-11-14(3)30-24-18/h7-8,10-11,15H,6,9,12H2,1-5H3,(H,22,28)(H,23,26)/b8-7+/t15-/m1/s1. The molecule has 2 heterocycles. The fraction of sp³-hybridized carbons (Fsp3) is 0.429.